The summed E-state index contributed by atoms with van der Waals surface area (Å²) in [6.45, 7) is 2.21. The van der Waals surface area contributed by atoms with Gasteiger partial charge in [-0.3, -0.25) is 4.79 Å². The van der Waals surface area contributed by atoms with Gasteiger partial charge in [-0.15, -0.1) is 0 Å². The zero-order valence-corrected chi connectivity index (χ0v) is 16.1. The van der Waals surface area contributed by atoms with Crippen LogP contribution in [0.25, 0.3) is 6.08 Å². The minimum absolute atomic E-state index is 0.0472. The van der Waals surface area contributed by atoms with Gasteiger partial charge in [-0.2, -0.15) is 5.26 Å². The highest BCUT2D eigenvalue weighted by Gasteiger charge is 2.24. The second-order valence-electron chi connectivity index (χ2n) is 6.28. The van der Waals surface area contributed by atoms with Crippen LogP contribution in [0.1, 0.15) is 5.56 Å². The molecule has 3 rings (SSSR count). The lowest BCUT2D eigenvalue weighted by atomic mass is 10.1. The molecule has 1 saturated heterocycles. The molecule has 1 heterocycles. The van der Waals surface area contributed by atoms with E-state index in [0.717, 1.165) is 11.4 Å². The Kier molecular flexibility index (Phi) is 6.17. The fraction of sp³-hybridized carbons (Fsp3) is 0.238. The summed E-state index contributed by atoms with van der Waals surface area (Å²) in [5.41, 5.74) is 0.956. The van der Waals surface area contributed by atoms with Crippen molar-refractivity contribution in [3.8, 4) is 11.8 Å². The molecular weight excluding hydrogens is 381 g/mol. The third-order valence-electron chi connectivity index (χ3n) is 4.64. The predicted molar refractivity (Wildman–Crippen MR) is 107 cm³/mol. The van der Waals surface area contributed by atoms with Crippen molar-refractivity contribution in [2.45, 2.75) is 0 Å². The van der Waals surface area contributed by atoms with Crippen LogP contribution in [0, 0.1) is 17.1 Å². The number of nitriles is 1. The predicted octanol–water partition coefficient (Wildman–Crippen LogP) is 3.74. The Morgan fingerprint density at radius 2 is 1.86 bits per heavy atom. The smallest absolute Gasteiger partial charge is 0.264 e. The maximum Gasteiger partial charge on any atom is 0.264 e. The van der Waals surface area contributed by atoms with Gasteiger partial charge in [-0.25, -0.2) is 4.39 Å². The summed E-state index contributed by atoms with van der Waals surface area (Å²) in [7, 11) is 1.62. The SMILES string of the molecule is COc1ccc(N2CCN(C(=O)/C(C#N)=C/c3c(F)cccc3Cl)CC2)cc1. The molecule has 0 atom stereocenters. The van der Waals surface area contributed by atoms with Crippen LogP contribution in [-0.4, -0.2) is 44.1 Å². The van der Waals surface area contributed by atoms with Crippen molar-refractivity contribution in [3.05, 3.63) is 64.4 Å². The number of ether oxygens (including phenoxy) is 1. The Bertz CT molecular complexity index is 909. The van der Waals surface area contributed by atoms with Gasteiger partial charge < -0.3 is 14.5 Å². The van der Waals surface area contributed by atoms with E-state index in [1.54, 1.807) is 12.0 Å². The second-order valence-corrected chi connectivity index (χ2v) is 6.69. The van der Waals surface area contributed by atoms with Crippen molar-refractivity contribution in [3.63, 3.8) is 0 Å². The van der Waals surface area contributed by atoms with E-state index in [-0.39, 0.29) is 16.2 Å². The summed E-state index contributed by atoms with van der Waals surface area (Å²) in [5.74, 6) is -0.207. The van der Waals surface area contributed by atoms with Crippen molar-refractivity contribution in [1.82, 2.24) is 4.90 Å². The summed E-state index contributed by atoms with van der Waals surface area (Å²) in [5, 5.41) is 9.55. The molecule has 0 N–H and O–H groups in total. The van der Waals surface area contributed by atoms with Crippen molar-refractivity contribution >= 4 is 29.3 Å². The Hall–Kier alpha value is -3.04. The van der Waals surface area contributed by atoms with E-state index in [0.29, 0.717) is 26.2 Å². The van der Waals surface area contributed by atoms with E-state index in [2.05, 4.69) is 4.90 Å². The van der Waals surface area contributed by atoms with Crippen LogP contribution in [0.3, 0.4) is 0 Å². The highest BCUT2D eigenvalue weighted by molar-refractivity contribution is 6.32. The number of rotatable bonds is 4. The monoisotopic (exact) mass is 399 g/mol. The molecule has 0 radical (unpaired) electrons. The van der Waals surface area contributed by atoms with Crippen LogP contribution in [0.5, 0.6) is 5.75 Å². The molecule has 0 aliphatic carbocycles. The number of carbonyl (C=O) groups excluding carboxylic acids is 1. The topological polar surface area (TPSA) is 56.6 Å². The first-order chi connectivity index (χ1) is 13.5. The van der Waals surface area contributed by atoms with Crippen molar-refractivity contribution in [1.29, 1.82) is 5.26 Å². The summed E-state index contributed by atoms with van der Waals surface area (Å²) < 4.78 is 19.1. The first kappa shape index (κ1) is 19.7. The van der Waals surface area contributed by atoms with E-state index in [4.69, 9.17) is 16.3 Å². The third-order valence-corrected chi connectivity index (χ3v) is 4.97. The fourth-order valence-electron chi connectivity index (χ4n) is 3.07. The van der Waals surface area contributed by atoms with Gasteiger partial charge in [0.05, 0.1) is 12.1 Å². The Balaban J connectivity index is 1.69. The molecule has 1 fully saturated rings. The molecular formula is C21H19ClFN3O2. The molecule has 0 saturated carbocycles. The molecule has 0 spiro atoms. The van der Waals surface area contributed by atoms with Crippen molar-refractivity contribution in [2.75, 3.05) is 38.2 Å². The highest BCUT2D eigenvalue weighted by Crippen LogP contribution is 2.24. The number of piperazine rings is 1. The Morgan fingerprint density at radius 3 is 2.43 bits per heavy atom. The van der Waals surface area contributed by atoms with E-state index >= 15 is 0 Å². The van der Waals surface area contributed by atoms with Crippen LogP contribution in [0.2, 0.25) is 5.02 Å². The van der Waals surface area contributed by atoms with Gasteiger partial charge in [-0.05, 0) is 42.5 Å². The number of halogens is 2. The van der Waals surface area contributed by atoms with E-state index < -0.39 is 11.7 Å². The quantitative estimate of drug-likeness (QED) is 0.580. The lowest BCUT2D eigenvalue weighted by Crippen LogP contribution is -2.49. The van der Waals surface area contributed by atoms with E-state index in [1.165, 1.54) is 24.3 Å². The first-order valence-electron chi connectivity index (χ1n) is 8.77. The lowest BCUT2D eigenvalue weighted by Gasteiger charge is -2.36. The average molecular weight is 400 g/mol. The molecule has 5 nitrogen and oxygen atoms in total. The van der Waals surface area contributed by atoms with Crippen LogP contribution in [-0.2, 0) is 4.79 Å². The number of anilines is 1. The maximum absolute atomic E-state index is 14.0. The molecule has 7 heteroatoms. The summed E-state index contributed by atoms with van der Waals surface area (Å²) in [4.78, 5) is 16.5. The molecule has 0 bridgehead atoms. The second kappa shape index (κ2) is 8.77. The summed E-state index contributed by atoms with van der Waals surface area (Å²) in [6.07, 6.45) is 1.22. The molecule has 1 aliphatic heterocycles. The van der Waals surface area contributed by atoms with Crippen LogP contribution >= 0.6 is 11.6 Å². The number of nitrogens with zero attached hydrogens (tertiary/aromatic N) is 3. The minimum atomic E-state index is -0.572. The number of methoxy groups -OCH3 is 1. The summed E-state index contributed by atoms with van der Waals surface area (Å²) in [6, 6.07) is 13.8. The van der Waals surface area contributed by atoms with Gasteiger partial charge in [0.2, 0.25) is 0 Å². The van der Waals surface area contributed by atoms with Crippen molar-refractivity contribution in [2.24, 2.45) is 0 Å². The number of carbonyl (C=O) groups is 1. The van der Waals surface area contributed by atoms with Crippen LogP contribution < -0.4 is 9.64 Å². The first-order valence-corrected chi connectivity index (χ1v) is 9.15. The maximum atomic E-state index is 14.0. The standard InChI is InChI=1S/C21H19ClFN3O2/c1-28-17-7-5-16(6-8-17)25-9-11-26(12-10-25)21(27)15(14-24)13-18-19(22)3-2-4-20(18)23/h2-8,13H,9-12H2,1H3/b15-13+. The number of hydrogen-bond acceptors (Lipinski definition) is 4. The number of benzene rings is 2. The summed E-state index contributed by atoms with van der Waals surface area (Å²) >= 11 is 6.00. The lowest BCUT2D eigenvalue weighted by molar-refractivity contribution is -0.126. The molecule has 0 unspecified atom stereocenters. The van der Waals surface area contributed by atoms with Gasteiger partial charge in [-0.1, -0.05) is 17.7 Å². The Labute approximate surface area is 168 Å². The van der Waals surface area contributed by atoms with Gasteiger partial charge >= 0.3 is 0 Å². The van der Waals surface area contributed by atoms with Crippen molar-refractivity contribution < 1.29 is 13.9 Å². The minimum Gasteiger partial charge on any atom is -0.497 e. The molecule has 2 aromatic rings. The molecule has 144 valence electrons. The largest absolute Gasteiger partial charge is 0.497 e. The molecule has 1 aliphatic rings. The highest BCUT2D eigenvalue weighted by atomic mass is 35.5. The fourth-order valence-corrected chi connectivity index (χ4v) is 3.28. The van der Waals surface area contributed by atoms with E-state index in [9.17, 15) is 14.4 Å². The number of hydrogen-bond donors (Lipinski definition) is 0. The van der Waals surface area contributed by atoms with Gasteiger partial charge in [0, 0.05) is 37.4 Å². The number of amides is 1. The molecule has 1 amide bonds. The zero-order valence-electron chi connectivity index (χ0n) is 15.4. The Morgan fingerprint density at radius 1 is 1.18 bits per heavy atom. The molecule has 28 heavy (non-hydrogen) atoms. The van der Waals surface area contributed by atoms with Gasteiger partial charge in [0.1, 0.15) is 23.2 Å². The zero-order chi connectivity index (χ0) is 20.1. The van der Waals surface area contributed by atoms with Crippen LogP contribution in [0.4, 0.5) is 10.1 Å². The average Bonchev–Trinajstić information content (AvgIpc) is 2.73. The normalized spacial score (nSPS) is 14.6. The van der Waals surface area contributed by atoms with Crippen LogP contribution in [0.15, 0.2) is 48.0 Å². The molecule has 0 aromatic heterocycles. The van der Waals surface area contributed by atoms with Gasteiger partial charge in [0.15, 0.2) is 0 Å². The van der Waals surface area contributed by atoms with Gasteiger partial charge in [0.25, 0.3) is 5.91 Å². The molecule has 2 aromatic carbocycles. The third kappa shape index (κ3) is 4.26. The van der Waals surface area contributed by atoms with E-state index in [1.807, 2.05) is 30.3 Å².